The molecule has 1 aromatic rings. The molecule has 1 saturated heterocycles. The summed E-state index contributed by atoms with van der Waals surface area (Å²) in [7, 11) is 0. The van der Waals surface area contributed by atoms with Gasteiger partial charge in [-0.25, -0.2) is 0 Å². The Morgan fingerprint density at radius 2 is 2.29 bits per heavy atom. The molecule has 1 heterocycles. The molecule has 0 aromatic heterocycles. The number of halogens is 1. The minimum atomic E-state index is 0.645. The first kappa shape index (κ1) is 12.9. The van der Waals surface area contributed by atoms with Crippen LogP contribution < -0.4 is 10.2 Å². The van der Waals surface area contributed by atoms with Gasteiger partial charge in [-0.15, -0.1) is 0 Å². The highest BCUT2D eigenvalue weighted by molar-refractivity contribution is 9.10. The van der Waals surface area contributed by atoms with Crippen LogP contribution in [-0.2, 0) is 0 Å². The second-order valence-corrected chi connectivity index (χ2v) is 5.73. The molecule has 1 aromatic carbocycles. The van der Waals surface area contributed by atoms with Gasteiger partial charge in [-0.3, -0.25) is 0 Å². The standard InChI is InChI=1S/C14H21BrN2/c1-3-4-13-10-17(8-7-16-13)14-9-12(15)6-5-11(14)2/h5-6,9,13,16H,3-4,7-8,10H2,1-2H3. The summed E-state index contributed by atoms with van der Waals surface area (Å²) in [5.74, 6) is 0. The maximum absolute atomic E-state index is 3.60. The molecule has 1 fully saturated rings. The van der Waals surface area contributed by atoms with Crippen molar-refractivity contribution in [2.24, 2.45) is 0 Å². The second kappa shape index (κ2) is 5.87. The molecular weight excluding hydrogens is 276 g/mol. The van der Waals surface area contributed by atoms with Crippen LogP contribution in [0.15, 0.2) is 22.7 Å². The van der Waals surface area contributed by atoms with Crippen LogP contribution in [0.4, 0.5) is 5.69 Å². The Kier molecular flexibility index (Phi) is 4.46. The fourth-order valence-electron chi connectivity index (χ4n) is 2.51. The van der Waals surface area contributed by atoms with Crippen molar-refractivity contribution in [2.75, 3.05) is 24.5 Å². The van der Waals surface area contributed by atoms with Gasteiger partial charge >= 0.3 is 0 Å². The molecule has 0 amide bonds. The molecule has 2 rings (SSSR count). The molecule has 1 atom stereocenters. The Labute approximate surface area is 113 Å². The van der Waals surface area contributed by atoms with Crippen LogP contribution >= 0.6 is 15.9 Å². The van der Waals surface area contributed by atoms with Crippen molar-refractivity contribution < 1.29 is 0 Å². The maximum atomic E-state index is 3.60. The lowest BCUT2D eigenvalue weighted by Crippen LogP contribution is -2.50. The third-order valence-corrected chi connectivity index (χ3v) is 3.90. The number of benzene rings is 1. The fraction of sp³-hybridized carbons (Fsp3) is 0.571. The predicted octanol–water partition coefficient (Wildman–Crippen LogP) is 3.34. The molecule has 0 spiro atoms. The van der Waals surface area contributed by atoms with Crippen LogP contribution in [0.2, 0.25) is 0 Å². The van der Waals surface area contributed by atoms with E-state index in [9.17, 15) is 0 Å². The number of hydrogen-bond donors (Lipinski definition) is 1. The molecule has 1 aliphatic rings. The van der Waals surface area contributed by atoms with Gasteiger partial charge in [0.2, 0.25) is 0 Å². The second-order valence-electron chi connectivity index (χ2n) is 4.82. The smallest absolute Gasteiger partial charge is 0.0408 e. The van der Waals surface area contributed by atoms with Gasteiger partial charge in [-0.2, -0.15) is 0 Å². The van der Waals surface area contributed by atoms with Crippen molar-refractivity contribution in [3.05, 3.63) is 28.2 Å². The maximum Gasteiger partial charge on any atom is 0.0408 e. The third-order valence-electron chi connectivity index (χ3n) is 3.40. The summed E-state index contributed by atoms with van der Waals surface area (Å²) >= 11 is 3.57. The molecule has 1 unspecified atom stereocenters. The number of hydrogen-bond acceptors (Lipinski definition) is 2. The van der Waals surface area contributed by atoms with E-state index < -0.39 is 0 Å². The van der Waals surface area contributed by atoms with Crippen molar-refractivity contribution in [1.82, 2.24) is 5.32 Å². The lowest BCUT2D eigenvalue weighted by Gasteiger charge is -2.36. The van der Waals surface area contributed by atoms with Gasteiger partial charge in [0.15, 0.2) is 0 Å². The highest BCUT2D eigenvalue weighted by Gasteiger charge is 2.19. The van der Waals surface area contributed by atoms with Gasteiger partial charge in [0.05, 0.1) is 0 Å². The minimum Gasteiger partial charge on any atom is -0.368 e. The van der Waals surface area contributed by atoms with E-state index in [4.69, 9.17) is 0 Å². The molecule has 2 nitrogen and oxygen atoms in total. The van der Waals surface area contributed by atoms with Gasteiger partial charge < -0.3 is 10.2 Å². The summed E-state index contributed by atoms with van der Waals surface area (Å²) in [5.41, 5.74) is 2.74. The first-order valence-electron chi connectivity index (χ1n) is 6.45. The highest BCUT2D eigenvalue weighted by atomic mass is 79.9. The van der Waals surface area contributed by atoms with E-state index in [1.54, 1.807) is 0 Å². The lowest BCUT2D eigenvalue weighted by molar-refractivity contribution is 0.430. The number of piperazine rings is 1. The minimum absolute atomic E-state index is 0.645. The number of nitrogens with zero attached hydrogens (tertiary/aromatic N) is 1. The van der Waals surface area contributed by atoms with Gasteiger partial charge in [-0.05, 0) is 31.0 Å². The molecule has 17 heavy (non-hydrogen) atoms. The van der Waals surface area contributed by atoms with Crippen molar-refractivity contribution >= 4 is 21.6 Å². The normalized spacial score (nSPS) is 20.6. The Morgan fingerprint density at radius 3 is 3.06 bits per heavy atom. The zero-order chi connectivity index (χ0) is 12.3. The average Bonchev–Trinajstić information content (AvgIpc) is 2.33. The summed E-state index contributed by atoms with van der Waals surface area (Å²) in [4.78, 5) is 2.51. The van der Waals surface area contributed by atoms with Crippen LogP contribution in [0.25, 0.3) is 0 Å². The SMILES string of the molecule is CCCC1CN(c2cc(Br)ccc2C)CCN1. The van der Waals surface area contributed by atoms with Crippen LogP contribution in [0.1, 0.15) is 25.3 Å². The highest BCUT2D eigenvalue weighted by Crippen LogP contribution is 2.25. The zero-order valence-corrected chi connectivity index (χ0v) is 12.3. The predicted molar refractivity (Wildman–Crippen MR) is 77.8 cm³/mol. The largest absolute Gasteiger partial charge is 0.368 e. The Morgan fingerprint density at radius 1 is 1.47 bits per heavy atom. The third kappa shape index (κ3) is 3.23. The Bertz CT molecular complexity index is 376. The summed E-state index contributed by atoms with van der Waals surface area (Å²) < 4.78 is 1.17. The first-order chi connectivity index (χ1) is 8.20. The topological polar surface area (TPSA) is 15.3 Å². The summed E-state index contributed by atoms with van der Waals surface area (Å²) in [6.07, 6.45) is 2.52. The van der Waals surface area contributed by atoms with Crippen LogP contribution in [-0.4, -0.2) is 25.7 Å². The summed E-state index contributed by atoms with van der Waals surface area (Å²) in [5, 5.41) is 3.60. The molecular formula is C14H21BrN2. The molecule has 94 valence electrons. The lowest BCUT2D eigenvalue weighted by atomic mass is 10.1. The van der Waals surface area contributed by atoms with E-state index >= 15 is 0 Å². The quantitative estimate of drug-likeness (QED) is 0.920. The number of nitrogens with one attached hydrogen (secondary N) is 1. The number of anilines is 1. The van der Waals surface area contributed by atoms with E-state index in [2.05, 4.69) is 58.2 Å². The molecule has 1 N–H and O–H groups in total. The van der Waals surface area contributed by atoms with Crippen molar-refractivity contribution in [3.63, 3.8) is 0 Å². The molecule has 0 saturated carbocycles. The number of aryl methyl sites for hydroxylation is 1. The fourth-order valence-corrected chi connectivity index (χ4v) is 2.86. The molecule has 0 radical (unpaired) electrons. The zero-order valence-electron chi connectivity index (χ0n) is 10.7. The van der Waals surface area contributed by atoms with Crippen molar-refractivity contribution in [3.8, 4) is 0 Å². The van der Waals surface area contributed by atoms with Crippen molar-refractivity contribution in [1.29, 1.82) is 0 Å². The van der Waals surface area contributed by atoms with E-state index in [0.717, 1.165) is 19.6 Å². The Hall–Kier alpha value is -0.540. The van der Waals surface area contributed by atoms with Gasteiger partial charge in [-0.1, -0.05) is 35.3 Å². The van der Waals surface area contributed by atoms with E-state index in [0.29, 0.717) is 6.04 Å². The number of rotatable bonds is 3. The molecule has 3 heteroatoms. The summed E-state index contributed by atoms with van der Waals surface area (Å²) in [6, 6.07) is 7.19. The van der Waals surface area contributed by atoms with Gasteiger partial charge in [0, 0.05) is 35.8 Å². The van der Waals surface area contributed by atoms with E-state index in [-0.39, 0.29) is 0 Å². The van der Waals surface area contributed by atoms with Gasteiger partial charge in [0.25, 0.3) is 0 Å². The van der Waals surface area contributed by atoms with E-state index in [1.807, 2.05) is 0 Å². The molecule has 0 bridgehead atoms. The van der Waals surface area contributed by atoms with Crippen LogP contribution in [0.5, 0.6) is 0 Å². The molecule has 0 aliphatic carbocycles. The summed E-state index contributed by atoms with van der Waals surface area (Å²) in [6.45, 7) is 7.78. The van der Waals surface area contributed by atoms with Crippen molar-refractivity contribution in [2.45, 2.75) is 32.7 Å². The first-order valence-corrected chi connectivity index (χ1v) is 7.24. The Balaban J connectivity index is 2.13. The van der Waals surface area contributed by atoms with E-state index in [1.165, 1.54) is 28.6 Å². The molecule has 1 aliphatic heterocycles. The monoisotopic (exact) mass is 296 g/mol. The van der Waals surface area contributed by atoms with Crippen LogP contribution in [0, 0.1) is 6.92 Å². The van der Waals surface area contributed by atoms with Gasteiger partial charge in [0.1, 0.15) is 0 Å². The average molecular weight is 297 g/mol. The van der Waals surface area contributed by atoms with Crippen LogP contribution in [0.3, 0.4) is 0 Å².